The van der Waals surface area contributed by atoms with E-state index >= 15 is 0 Å². The van der Waals surface area contributed by atoms with E-state index in [1.165, 1.54) is 0 Å². The van der Waals surface area contributed by atoms with E-state index in [1.807, 2.05) is 37.3 Å². The van der Waals surface area contributed by atoms with Gasteiger partial charge < -0.3 is 15.8 Å². The fourth-order valence-electron chi connectivity index (χ4n) is 2.34. The van der Waals surface area contributed by atoms with Crippen LogP contribution in [-0.2, 0) is 16.0 Å². The van der Waals surface area contributed by atoms with E-state index in [2.05, 4.69) is 5.32 Å². The van der Waals surface area contributed by atoms with Crippen LogP contribution < -0.4 is 11.1 Å². The van der Waals surface area contributed by atoms with Crippen molar-refractivity contribution < 1.29 is 9.53 Å². The van der Waals surface area contributed by atoms with Crippen molar-refractivity contribution >= 4 is 5.91 Å². The summed E-state index contributed by atoms with van der Waals surface area (Å²) in [7, 11) is 0. The molecule has 0 saturated carbocycles. The molecule has 104 valence electrons. The summed E-state index contributed by atoms with van der Waals surface area (Å²) in [6, 6.07) is 9.31. The van der Waals surface area contributed by atoms with Crippen molar-refractivity contribution in [3.8, 4) is 0 Å². The standard InChI is InChI=1S/C15H22N2O2/c1-15(8-5-9-19-15)11-17-14(18)13(16)10-12-6-3-2-4-7-12/h2-4,6-7,13H,5,8-11,16H2,1H3,(H,17,18)/t13-,15?/m0/s1. The highest BCUT2D eigenvalue weighted by atomic mass is 16.5. The number of ether oxygens (including phenoxy) is 1. The van der Waals surface area contributed by atoms with Crippen molar-refractivity contribution in [2.24, 2.45) is 5.73 Å². The molecule has 1 aliphatic heterocycles. The van der Waals surface area contributed by atoms with Crippen LogP contribution in [0.4, 0.5) is 0 Å². The van der Waals surface area contributed by atoms with Crippen LogP contribution in [0, 0.1) is 0 Å². The van der Waals surface area contributed by atoms with Gasteiger partial charge in [0.1, 0.15) is 0 Å². The third kappa shape index (κ3) is 4.04. The predicted molar refractivity (Wildman–Crippen MR) is 74.7 cm³/mol. The highest BCUT2D eigenvalue weighted by Crippen LogP contribution is 2.23. The number of hydrogen-bond donors (Lipinski definition) is 2. The van der Waals surface area contributed by atoms with Crippen molar-refractivity contribution in [3.05, 3.63) is 35.9 Å². The monoisotopic (exact) mass is 262 g/mol. The zero-order valence-corrected chi connectivity index (χ0v) is 11.4. The number of carbonyl (C=O) groups excluding carboxylic acids is 1. The predicted octanol–water partition coefficient (Wildman–Crippen LogP) is 1.24. The van der Waals surface area contributed by atoms with Gasteiger partial charge in [-0.2, -0.15) is 0 Å². The molecule has 0 aromatic heterocycles. The summed E-state index contributed by atoms with van der Waals surface area (Å²) in [5.41, 5.74) is 6.78. The fourth-order valence-corrected chi connectivity index (χ4v) is 2.34. The molecule has 1 aliphatic rings. The third-order valence-electron chi connectivity index (χ3n) is 3.57. The van der Waals surface area contributed by atoms with Crippen molar-refractivity contribution in [2.75, 3.05) is 13.2 Å². The smallest absolute Gasteiger partial charge is 0.237 e. The van der Waals surface area contributed by atoms with E-state index < -0.39 is 6.04 Å². The molecule has 2 atom stereocenters. The minimum Gasteiger partial charge on any atom is -0.373 e. The van der Waals surface area contributed by atoms with E-state index in [0.29, 0.717) is 13.0 Å². The van der Waals surface area contributed by atoms with Crippen molar-refractivity contribution in [3.63, 3.8) is 0 Å². The van der Waals surface area contributed by atoms with Crippen LogP contribution in [0.25, 0.3) is 0 Å². The molecule has 1 saturated heterocycles. The fraction of sp³-hybridized carbons (Fsp3) is 0.533. The average Bonchev–Trinajstić information content (AvgIpc) is 2.84. The molecule has 19 heavy (non-hydrogen) atoms. The lowest BCUT2D eigenvalue weighted by Gasteiger charge is -2.24. The number of rotatable bonds is 5. The zero-order chi connectivity index (χ0) is 13.7. The number of amides is 1. The maximum atomic E-state index is 12.0. The van der Waals surface area contributed by atoms with Gasteiger partial charge in [0, 0.05) is 13.2 Å². The van der Waals surface area contributed by atoms with Crippen LogP contribution in [-0.4, -0.2) is 30.7 Å². The quantitative estimate of drug-likeness (QED) is 0.839. The Kier molecular flexibility index (Phi) is 4.56. The Morgan fingerprint density at radius 2 is 2.21 bits per heavy atom. The Balaban J connectivity index is 1.79. The second-order valence-corrected chi connectivity index (χ2v) is 5.42. The second kappa shape index (κ2) is 6.17. The maximum absolute atomic E-state index is 12.0. The lowest BCUT2D eigenvalue weighted by molar-refractivity contribution is -0.123. The first-order valence-electron chi connectivity index (χ1n) is 6.80. The molecule has 2 rings (SSSR count). The summed E-state index contributed by atoms with van der Waals surface area (Å²) in [6.45, 7) is 3.35. The lowest BCUT2D eigenvalue weighted by Crippen LogP contribution is -2.47. The van der Waals surface area contributed by atoms with Crippen molar-refractivity contribution in [1.82, 2.24) is 5.32 Å². The van der Waals surface area contributed by atoms with Gasteiger partial charge in [-0.05, 0) is 31.7 Å². The first-order chi connectivity index (χ1) is 9.09. The Morgan fingerprint density at radius 3 is 2.84 bits per heavy atom. The van der Waals surface area contributed by atoms with E-state index in [4.69, 9.17) is 10.5 Å². The molecule has 1 unspecified atom stereocenters. The van der Waals surface area contributed by atoms with E-state index in [-0.39, 0.29) is 11.5 Å². The summed E-state index contributed by atoms with van der Waals surface area (Å²) < 4.78 is 5.63. The molecule has 1 heterocycles. The summed E-state index contributed by atoms with van der Waals surface area (Å²) in [5, 5.41) is 2.90. The van der Waals surface area contributed by atoms with Crippen LogP contribution in [0.5, 0.6) is 0 Å². The number of benzene rings is 1. The number of hydrogen-bond acceptors (Lipinski definition) is 3. The molecule has 0 radical (unpaired) electrons. The number of nitrogens with one attached hydrogen (secondary N) is 1. The minimum atomic E-state index is -0.507. The van der Waals surface area contributed by atoms with Gasteiger partial charge >= 0.3 is 0 Å². The number of carbonyl (C=O) groups is 1. The zero-order valence-electron chi connectivity index (χ0n) is 11.4. The second-order valence-electron chi connectivity index (χ2n) is 5.42. The van der Waals surface area contributed by atoms with Gasteiger partial charge in [-0.25, -0.2) is 0 Å². The first kappa shape index (κ1) is 14.0. The van der Waals surface area contributed by atoms with E-state index in [9.17, 15) is 4.79 Å². The Morgan fingerprint density at radius 1 is 1.47 bits per heavy atom. The molecule has 1 aromatic carbocycles. The third-order valence-corrected chi connectivity index (χ3v) is 3.57. The molecular weight excluding hydrogens is 240 g/mol. The van der Waals surface area contributed by atoms with Crippen LogP contribution in [0.1, 0.15) is 25.3 Å². The number of nitrogens with two attached hydrogens (primary N) is 1. The Bertz CT molecular complexity index is 413. The summed E-state index contributed by atoms with van der Waals surface area (Å²) in [6.07, 6.45) is 2.61. The van der Waals surface area contributed by atoms with Crippen molar-refractivity contribution in [1.29, 1.82) is 0 Å². The van der Waals surface area contributed by atoms with E-state index in [1.54, 1.807) is 0 Å². The minimum absolute atomic E-state index is 0.111. The van der Waals surface area contributed by atoms with Crippen molar-refractivity contribution in [2.45, 2.75) is 37.8 Å². The van der Waals surface area contributed by atoms with E-state index in [0.717, 1.165) is 25.0 Å². The van der Waals surface area contributed by atoms with Gasteiger partial charge in [-0.1, -0.05) is 30.3 Å². The van der Waals surface area contributed by atoms with Gasteiger partial charge in [0.05, 0.1) is 11.6 Å². The molecule has 4 heteroatoms. The summed E-state index contributed by atoms with van der Waals surface area (Å²) in [5.74, 6) is -0.111. The van der Waals surface area contributed by atoms with Crippen LogP contribution in [0.15, 0.2) is 30.3 Å². The molecule has 4 nitrogen and oxygen atoms in total. The molecule has 0 aliphatic carbocycles. The summed E-state index contributed by atoms with van der Waals surface area (Å²) in [4.78, 5) is 12.0. The normalized spacial score (nSPS) is 24.1. The Labute approximate surface area is 114 Å². The maximum Gasteiger partial charge on any atom is 0.237 e. The lowest BCUT2D eigenvalue weighted by atomic mass is 10.0. The highest BCUT2D eigenvalue weighted by Gasteiger charge is 2.30. The van der Waals surface area contributed by atoms with Gasteiger partial charge in [0.25, 0.3) is 0 Å². The van der Waals surface area contributed by atoms with Gasteiger partial charge in [0.2, 0.25) is 5.91 Å². The Hall–Kier alpha value is -1.39. The molecular formula is C15H22N2O2. The van der Waals surface area contributed by atoms with Crippen LogP contribution in [0.2, 0.25) is 0 Å². The van der Waals surface area contributed by atoms with Gasteiger partial charge in [0.15, 0.2) is 0 Å². The topological polar surface area (TPSA) is 64.4 Å². The molecule has 3 N–H and O–H groups in total. The first-order valence-corrected chi connectivity index (χ1v) is 6.80. The molecule has 1 amide bonds. The van der Waals surface area contributed by atoms with Crippen LogP contribution >= 0.6 is 0 Å². The van der Waals surface area contributed by atoms with Crippen LogP contribution in [0.3, 0.4) is 0 Å². The van der Waals surface area contributed by atoms with Gasteiger partial charge in [-0.15, -0.1) is 0 Å². The molecule has 0 spiro atoms. The molecule has 1 fully saturated rings. The molecule has 0 bridgehead atoms. The largest absolute Gasteiger partial charge is 0.373 e. The van der Waals surface area contributed by atoms with Gasteiger partial charge in [-0.3, -0.25) is 4.79 Å². The molecule has 1 aromatic rings. The highest BCUT2D eigenvalue weighted by molar-refractivity contribution is 5.81. The average molecular weight is 262 g/mol. The summed E-state index contributed by atoms with van der Waals surface area (Å²) >= 11 is 0. The SMILES string of the molecule is CC1(CNC(=O)[C@@H](N)Cc2ccccc2)CCCO1.